The molecule has 2 heterocycles. The fourth-order valence-corrected chi connectivity index (χ4v) is 7.73. The monoisotopic (exact) mass is 592 g/mol. The zero-order valence-corrected chi connectivity index (χ0v) is 26.6. The fraction of sp³-hybridized carbons (Fsp3) is 0.278. The van der Waals surface area contributed by atoms with Crippen molar-refractivity contribution >= 4 is 43.1 Å². The number of aromatic hydroxyl groups is 2. The Morgan fingerprint density at radius 1 is 0.548 bits per heavy atom. The second-order valence-electron chi connectivity index (χ2n) is 13.5. The molecule has 0 radical (unpaired) electrons. The summed E-state index contributed by atoms with van der Waals surface area (Å²) < 4.78 is 2.16. The number of phenols is 2. The first kappa shape index (κ1) is 28.4. The van der Waals surface area contributed by atoms with E-state index >= 15 is 0 Å². The summed E-state index contributed by atoms with van der Waals surface area (Å²) >= 11 is 3.29. The summed E-state index contributed by atoms with van der Waals surface area (Å²) in [6, 6.07) is 23.8. The molecule has 0 atom stereocenters. The van der Waals surface area contributed by atoms with Crippen LogP contribution < -0.4 is 0 Å². The van der Waals surface area contributed by atoms with Crippen LogP contribution in [-0.4, -0.2) is 20.2 Å². The van der Waals surface area contributed by atoms with Crippen molar-refractivity contribution < 1.29 is 10.2 Å². The van der Waals surface area contributed by atoms with E-state index in [0.29, 0.717) is 0 Å². The lowest BCUT2D eigenvalue weighted by Gasteiger charge is -2.19. The second-order valence-corrected chi connectivity index (χ2v) is 15.6. The Kier molecular flexibility index (Phi) is 7.11. The van der Waals surface area contributed by atoms with Crippen LogP contribution in [0.5, 0.6) is 11.5 Å². The van der Waals surface area contributed by atoms with Gasteiger partial charge in [-0.1, -0.05) is 77.9 Å². The summed E-state index contributed by atoms with van der Waals surface area (Å²) in [4.78, 5) is 10.3. The summed E-state index contributed by atoms with van der Waals surface area (Å²) in [5.41, 5.74) is 7.89. The molecule has 0 spiro atoms. The van der Waals surface area contributed by atoms with Gasteiger partial charge in [0.15, 0.2) is 10.0 Å². The Bertz CT molecular complexity index is 1800. The van der Waals surface area contributed by atoms with Crippen LogP contribution in [0, 0.1) is 10.8 Å². The fourth-order valence-electron chi connectivity index (χ4n) is 5.60. The largest absolute Gasteiger partial charge is 0.507 e. The van der Waals surface area contributed by atoms with E-state index in [9.17, 15) is 10.2 Å². The van der Waals surface area contributed by atoms with Gasteiger partial charge in [0.1, 0.15) is 11.5 Å². The van der Waals surface area contributed by atoms with E-state index in [0.717, 1.165) is 65.5 Å². The van der Waals surface area contributed by atoms with Gasteiger partial charge in [-0.15, -0.1) is 22.7 Å². The molecule has 0 aliphatic heterocycles. The van der Waals surface area contributed by atoms with Crippen LogP contribution in [0.2, 0.25) is 0 Å². The third-order valence-electron chi connectivity index (χ3n) is 7.15. The highest BCUT2D eigenvalue weighted by molar-refractivity contribution is 7.27. The van der Waals surface area contributed by atoms with Crippen molar-refractivity contribution in [3.8, 4) is 43.8 Å². The minimum Gasteiger partial charge on any atom is -0.507 e. The third-order valence-corrected chi connectivity index (χ3v) is 9.30. The molecule has 42 heavy (non-hydrogen) atoms. The SMILES string of the molecule is CC(C)(C)Cc1cc(-c2ccccc2O)c2nc(-c3nc4c(-c5ccccc5O)cc(CC(C)(C)C)cc4s3)sc2c1. The molecule has 2 N–H and O–H groups in total. The van der Waals surface area contributed by atoms with Crippen LogP contribution in [0.25, 0.3) is 52.7 Å². The van der Waals surface area contributed by atoms with Gasteiger partial charge in [0.2, 0.25) is 0 Å². The predicted octanol–water partition coefficient (Wildman–Crippen LogP) is 10.5. The zero-order chi connectivity index (χ0) is 29.8. The van der Waals surface area contributed by atoms with E-state index in [4.69, 9.17) is 9.97 Å². The molecule has 0 bridgehead atoms. The number of thiazole rings is 2. The maximum atomic E-state index is 10.8. The molecule has 4 aromatic carbocycles. The smallest absolute Gasteiger partial charge is 0.153 e. The normalized spacial score (nSPS) is 12.4. The van der Waals surface area contributed by atoms with E-state index in [1.807, 2.05) is 36.4 Å². The van der Waals surface area contributed by atoms with E-state index in [2.05, 4.69) is 65.8 Å². The number of rotatable bonds is 5. The molecule has 6 aromatic rings. The molecule has 0 saturated heterocycles. The maximum absolute atomic E-state index is 10.8. The van der Waals surface area contributed by atoms with Gasteiger partial charge in [-0.25, -0.2) is 9.97 Å². The minimum atomic E-state index is 0.119. The standard InChI is InChI=1S/C36H36N2O2S2/c1-35(2,3)19-21-15-25(23-11-7-9-13-27(23)39)31-29(17-21)41-33(37-31)34-38-32-26(24-12-8-10-14-28(24)40)16-22(18-30(32)42-34)20-36(4,5)6/h7-18,39-40H,19-20H2,1-6H3. The van der Waals surface area contributed by atoms with Crippen molar-refractivity contribution in [2.24, 2.45) is 10.8 Å². The van der Waals surface area contributed by atoms with Crippen molar-refractivity contribution in [2.75, 3.05) is 0 Å². The summed E-state index contributed by atoms with van der Waals surface area (Å²) in [5, 5.41) is 23.3. The van der Waals surface area contributed by atoms with Crippen LogP contribution in [-0.2, 0) is 12.8 Å². The number of hydrogen-bond donors (Lipinski definition) is 2. The third kappa shape index (κ3) is 5.79. The number of benzene rings is 4. The molecule has 0 amide bonds. The van der Waals surface area contributed by atoms with Gasteiger partial charge in [0.05, 0.1) is 20.4 Å². The number of hydrogen-bond acceptors (Lipinski definition) is 6. The van der Waals surface area contributed by atoms with Gasteiger partial charge < -0.3 is 10.2 Å². The summed E-state index contributed by atoms with van der Waals surface area (Å²) in [6.07, 6.45) is 1.83. The minimum absolute atomic E-state index is 0.119. The number of para-hydroxylation sites is 2. The quantitative estimate of drug-likeness (QED) is 0.209. The molecule has 2 aromatic heterocycles. The van der Waals surface area contributed by atoms with Crippen LogP contribution in [0.15, 0.2) is 72.8 Å². The summed E-state index contributed by atoms with van der Waals surface area (Å²) in [7, 11) is 0. The number of fused-ring (bicyclic) bond motifs is 2. The Labute approximate surface area is 255 Å². The van der Waals surface area contributed by atoms with E-state index in [-0.39, 0.29) is 22.3 Å². The number of nitrogens with zero attached hydrogens (tertiary/aromatic N) is 2. The highest BCUT2D eigenvalue weighted by Gasteiger charge is 2.22. The van der Waals surface area contributed by atoms with Gasteiger partial charge in [-0.05, 0) is 71.2 Å². The van der Waals surface area contributed by atoms with Crippen LogP contribution in [0.1, 0.15) is 52.7 Å². The zero-order valence-electron chi connectivity index (χ0n) is 24.9. The van der Waals surface area contributed by atoms with Crippen LogP contribution in [0.3, 0.4) is 0 Å². The van der Waals surface area contributed by atoms with Gasteiger partial charge in [-0.2, -0.15) is 0 Å². The van der Waals surface area contributed by atoms with E-state index < -0.39 is 0 Å². The average Bonchev–Trinajstić information content (AvgIpc) is 3.51. The molecule has 0 saturated carbocycles. The first-order chi connectivity index (χ1) is 19.8. The Hall–Kier alpha value is -3.74. The van der Waals surface area contributed by atoms with E-state index in [1.165, 1.54) is 11.1 Å². The molecule has 0 aliphatic carbocycles. The lowest BCUT2D eigenvalue weighted by Crippen LogP contribution is -2.09. The Morgan fingerprint density at radius 3 is 1.29 bits per heavy atom. The van der Waals surface area contributed by atoms with Gasteiger partial charge in [0, 0.05) is 22.3 Å². The highest BCUT2D eigenvalue weighted by Crippen LogP contribution is 2.44. The molecule has 0 fully saturated rings. The van der Waals surface area contributed by atoms with Crippen molar-refractivity contribution in [1.29, 1.82) is 0 Å². The maximum Gasteiger partial charge on any atom is 0.153 e. The summed E-state index contributed by atoms with van der Waals surface area (Å²) in [6.45, 7) is 13.5. The average molecular weight is 593 g/mol. The molecule has 0 unspecified atom stereocenters. The number of phenolic OH excluding ortho intramolecular Hbond substituents is 2. The molecule has 214 valence electrons. The Morgan fingerprint density at radius 2 is 0.929 bits per heavy atom. The molecule has 4 nitrogen and oxygen atoms in total. The lowest BCUT2D eigenvalue weighted by atomic mass is 9.87. The highest BCUT2D eigenvalue weighted by atomic mass is 32.1. The van der Waals surface area contributed by atoms with Gasteiger partial charge >= 0.3 is 0 Å². The predicted molar refractivity (Wildman–Crippen MR) is 179 cm³/mol. The first-order valence-corrected chi connectivity index (χ1v) is 15.9. The van der Waals surface area contributed by atoms with E-state index in [1.54, 1.807) is 34.8 Å². The first-order valence-electron chi connectivity index (χ1n) is 14.3. The number of aromatic nitrogens is 2. The van der Waals surface area contributed by atoms with Crippen molar-refractivity contribution in [3.05, 3.63) is 83.9 Å². The second kappa shape index (κ2) is 10.5. The molecule has 6 rings (SSSR count). The van der Waals surface area contributed by atoms with Gasteiger partial charge in [-0.3, -0.25) is 0 Å². The topological polar surface area (TPSA) is 66.2 Å². The van der Waals surface area contributed by atoms with Crippen LogP contribution in [0.4, 0.5) is 0 Å². The molecular formula is C36H36N2O2S2. The molecular weight excluding hydrogens is 557 g/mol. The summed E-state index contributed by atoms with van der Waals surface area (Å²) in [5.74, 6) is 0.500. The molecule has 0 aliphatic rings. The van der Waals surface area contributed by atoms with Crippen molar-refractivity contribution in [2.45, 2.75) is 54.4 Å². The Balaban J connectivity index is 1.55. The van der Waals surface area contributed by atoms with Crippen LogP contribution >= 0.6 is 22.7 Å². The molecule has 6 heteroatoms. The van der Waals surface area contributed by atoms with Crippen molar-refractivity contribution in [1.82, 2.24) is 9.97 Å². The van der Waals surface area contributed by atoms with Crippen molar-refractivity contribution in [3.63, 3.8) is 0 Å². The van der Waals surface area contributed by atoms with Gasteiger partial charge in [0.25, 0.3) is 0 Å². The lowest BCUT2D eigenvalue weighted by molar-refractivity contribution is 0.411.